The van der Waals surface area contributed by atoms with Crippen LogP contribution in [-0.4, -0.2) is 23.7 Å². The van der Waals surface area contributed by atoms with Crippen molar-refractivity contribution in [3.05, 3.63) is 40.9 Å². The Morgan fingerprint density at radius 2 is 2.33 bits per heavy atom. The lowest BCUT2D eigenvalue weighted by Crippen LogP contribution is -2.22. The summed E-state index contributed by atoms with van der Waals surface area (Å²) in [6.07, 6.45) is 4.35. The Hall–Kier alpha value is -1.32. The van der Waals surface area contributed by atoms with Gasteiger partial charge in [-0.05, 0) is 43.5 Å². The van der Waals surface area contributed by atoms with Gasteiger partial charge in [-0.2, -0.15) is 0 Å². The predicted octanol–water partition coefficient (Wildman–Crippen LogP) is 2.63. The van der Waals surface area contributed by atoms with E-state index in [-0.39, 0.29) is 12.0 Å². The number of hydrogen-bond donors (Lipinski definition) is 2. The summed E-state index contributed by atoms with van der Waals surface area (Å²) in [5.74, 6) is -0.138. The van der Waals surface area contributed by atoms with Crippen molar-refractivity contribution in [1.29, 1.82) is 0 Å². The Balaban J connectivity index is 2.31. The van der Waals surface area contributed by atoms with Gasteiger partial charge in [0.25, 0.3) is 0 Å². The molecule has 0 radical (unpaired) electrons. The van der Waals surface area contributed by atoms with Crippen LogP contribution in [0.2, 0.25) is 5.02 Å². The van der Waals surface area contributed by atoms with Gasteiger partial charge in [0.05, 0.1) is 6.10 Å². The van der Waals surface area contributed by atoms with E-state index >= 15 is 0 Å². The maximum atomic E-state index is 11.5. The fourth-order valence-electron chi connectivity index (χ4n) is 1.45. The molecule has 0 aliphatic heterocycles. The molecule has 0 aromatic heterocycles. The average Bonchev–Trinajstić information content (AvgIpc) is 2.32. The van der Waals surface area contributed by atoms with Crippen LogP contribution in [-0.2, 0) is 4.79 Å². The fraction of sp³-hybridized carbons (Fsp3) is 0.357. The first-order valence-corrected chi connectivity index (χ1v) is 6.35. The first kappa shape index (κ1) is 14.7. The molecule has 0 fully saturated rings. The number of amides is 1. The maximum Gasteiger partial charge on any atom is 0.243 e. The largest absolute Gasteiger partial charge is 0.393 e. The van der Waals surface area contributed by atoms with Gasteiger partial charge in [-0.25, -0.2) is 0 Å². The number of benzene rings is 1. The number of halogens is 1. The highest BCUT2D eigenvalue weighted by molar-refractivity contribution is 6.30. The third kappa shape index (κ3) is 6.42. The molecule has 0 saturated heterocycles. The Bertz CT molecular complexity index is 416. The molecule has 1 unspecified atom stereocenters. The maximum absolute atomic E-state index is 11.5. The fourth-order valence-corrected chi connectivity index (χ4v) is 1.65. The molecule has 1 amide bonds. The first-order valence-electron chi connectivity index (χ1n) is 5.97. The smallest absolute Gasteiger partial charge is 0.243 e. The van der Waals surface area contributed by atoms with E-state index in [1.165, 1.54) is 6.08 Å². The van der Waals surface area contributed by atoms with E-state index < -0.39 is 0 Å². The highest BCUT2D eigenvalue weighted by Crippen LogP contribution is 2.11. The number of nitrogens with one attached hydrogen (secondary N) is 1. The third-order valence-corrected chi connectivity index (χ3v) is 2.61. The van der Waals surface area contributed by atoms with Gasteiger partial charge >= 0.3 is 0 Å². The molecular formula is C14H18ClNO2. The second-order valence-corrected chi connectivity index (χ2v) is 4.61. The van der Waals surface area contributed by atoms with Crippen LogP contribution >= 0.6 is 11.6 Å². The summed E-state index contributed by atoms with van der Waals surface area (Å²) in [4.78, 5) is 11.5. The van der Waals surface area contributed by atoms with Crippen LogP contribution in [0.15, 0.2) is 30.3 Å². The zero-order chi connectivity index (χ0) is 13.4. The second-order valence-electron chi connectivity index (χ2n) is 4.17. The van der Waals surface area contributed by atoms with Gasteiger partial charge in [0, 0.05) is 17.6 Å². The summed E-state index contributed by atoms with van der Waals surface area (Å²) in [5.41, 5.74) is 0.890. The van der Waals surface area contributed by atoms with Crippen molar-refractivity contribution in [2.45, 2.75) is 25.9 Å². The van der Waals surface area contributed by atoms with E-state index in [0.29, 0.717) is 18.0 Å². The molecule has 1 aromatic rings. The number of rotatable bonds is 6. The minimum absolute atomic E-state index is 0.138. The predicted molar refractivity (Wildman–Crippen MR) is 74.4 cm³/mol. The minimum atomic E-state index is -0.316. The van der Waals surface area contributed by atoms with Gasteiger partial charge in [0.15, 0.2) is 0 Å². The normalized spacial score (nSPS) is 12.6. The van der Waals surface area contributed by atoms with Crippen molar-refractivity contribution in [2.24, 2.45) is 0 Å². The van der Waals surface area contributed by atoms with Crippen LogP contribution in [0.1, 0.15) is 25.3 Å². The molecule has 0 saturated carbocycles. The Labute approximate surface area is 112 Å². The van der Waals surface area contributed by atoms with Crippen molar-refractivity contribution in [3.63, 3.8) is 0 Å². The van der Waals surface area contributed by atoms with Crippen LogP contribution < -0.4 is 5.32 Å². The Kier molecular flexibility index (Phi) is 6.47. The lowest BCUT2D eigenvalue weighted by molar-refractivity contribution is -0.116. The van der Waals surface area contributed by atoms with Crippen molar-refractivity contribution >= 4 is 23.6 Å². The van der Waals surface area contributed by atoms with Gasteiger partial charge in [-0.1, -0.05) is 23.7 Å². The lowest BCUT2D eigenvalue weighted by Gasteiger charge is -2.04. The summed E-state index contributed by atoms with van der Waals surface area (Å²) in [5, 5.41) is 12.5. The summed E-state index contributed by atoms with van der Waals surface area (Å²) in [6, 6.07) is 7.29. The molecule has 0 spiro atoms. The zero-order valence-electron chi connectivity index (χ0n) is 10.4. The minimum Gasteiger partial charge on any atom is -0.393 e. The van der Waals surface area contributed by atoms with Gasteiger partial charge in [-0.15, -0.1) is 0 Å². The third-order valence-electron chi connectivity index (χ3n) is 2.37. The molecule has 98 valence electrons. The van der Waals surface area contributed by atoms with Crippen LogP contribution in [0.3, 0.4) is 0 Å². The standard InChI is InChI=1S/C14H18ClNO2/c1-11(17)4-3-9-16-14(18)8-7-12-5-2-6-13(15)10-12/h2,5-8,10-11,17H,3-4,9H2,1H3,(H,16,18)/b8-7+. The van der Waals surface area contributed by atoms with E-state index in [1.807, 2.05) is 12.1 Å². The Morgan fingerprint density at radius 1 is 1.56 bits per heavy atom. The molecule has 4 heteroatoms. The van der Waals surface area contributed by atoms with Crippen LogP contribution in [0.4, 0.5) is 0 Å². The van der Waals surface area contributed by atoms with E-state index in [4.69, 9.17) is 16.7 Å². The van der Waals surface area contributed by atoms with Crippen LogP contribution in [0, 0.1) is 0 Å². The van der Waals surface area contributed by atoms with Crippen molar-refractivity contribution < 1.29 is 9.90 Å². The lowest BCUT2D eigenvalue weighted by atomic mass is 10.2. The Morgan fingerprint density at radius 3 is 3.00 bits per heavy atom. The highest BCUT2D eigenvalue weighted by atomic mass is 35.5. The molecule has 3 nitrogen and oxygen atoms in total. The SMILES string of the molecule is CC(O)CCCNC(=O)/C=C/c1cccc(Cl)c1. The van der Waals surface area contributed by atoms with Crippen molar-refractivity contribution in [1.82, 2.24) is 5.32 Å². The molecule has 0 heterocycles. The number of aliphatic hydroxyl groups excluding tert-OH is 1. The van der Waals surface area contributed by atoms with E-state index in [2.05, 4.69) is 5.32 Å². The summed E-state index contributed by atoms with van der Waals surface area (Å²) in [6.45, 7) is 2.31. The molecule has 0 bridgehead atoms. The average molecular weight is 268 g/mol. The summed E-state index contributed by atoms with van der Waals surface area (Å²) < 4.78 is 0. The molecule has 1 atom stereocenters. The molecule has 1 aromatic carbocycles. The first-order chi connectivity index (χ1) is 8.58. The monoisotopic (exact) mass is 267 g/mol. The molecule has 0 aliphatic rings. The number of carbonyl (C=O) groups excluding carboxylic acids is 1. The van der Waals surface area contributed by atoms with E-state index in [9.17, 15) is 4.79 Å². The van der Waals surface area contributed by atoms with Gasteiger partial charge in [0.2, 0.25) is 5.91 Å². The molecule has 18 heavy (non-hydrogen) atoms. The topological polar surface area (TPSA) is 49.3 Å². The quantitative estimate of drug-likeness (QED) is 0.615. The van der Waals surface area contributed by atoms with Gasteiger partial charge in [-0.3, -0.25) is 4.79 Å². The van der Waals surface area contributed by atoms with Crippen molar-refractivity contribution in [3.8, 4) is 0 Å². The highest BCUT2D eigenvalue weighted by Gasteiger charge is 1.97. The number of carbonyl (C=O) groups is 1. The zero-order valence-corrected chi connectivity index (χ0v) is 11.2. The van der Waals surface area contributed by atoms with Gasteiger partial charge < -0.3 is 10.4 Å². The van der Waals surface area contributed by atoms with Crippen LogP contribution in [0.25, 0.3) is 6.08 Å². The second kappa shape index (κ2) is 7.90. The van der Waals surface area contributed by atoms with E-state index in [0.717, 1.165) is 12.0 Å². The number of hydrogen-bond acceptors (Lipinski definition) is 2. The molecule has 2 N–H and O–H groups in total. The molecular weight excluding hydrogens is 250 g/mol. The molecule has 1 rings (SSSR count). The van der Waals surface area contributed by atoms with E-state index in [1.54, 1.807) is 25.1 Å². The molecule has 0 aliphatic carbocycles. The number of aliphatic hydroxyl groups is 1. The summed E-state index contributed by atoms with van der Waals surface area (Å²) in [7, 11) is 0. The van der Waals surface area contributed by atoms with Gasteiger partial charge in [0.1, 0.15) is 0 Å². The van der Waals surface area contributed by atoms with Crippen molar-refractivity contribution in [2.75, 3.05) is 6.54 Å². The summed E-state index contributed by atoms with van der Waals surface area (Å²) >= 11 is 5.83. The van der Waals surface area contributed by atoms with Crippen LogP contribution in [0.5, 0.6) is 0 Å².